The molecule has 3 rings (SSSR count). The van der Waals surface area contributed by atoms with Gasteiger partial charge in [-0.05, 0) is 44.9 Å². The van der Waals surface area contributed by atoms with Crippen LogP contribution in [0.2, 0.25) is 5.02 Å². The minimum absolute atomic E-state index is 0.0941. The number of carbonyl (C=O) groups is 1. The van der Waals surface area contributed by atoms with Gasteiger partial charge in [0.2, 0.25) is 5.91 Å². The van der Waals surface area contributed by atoms with Crippen molar-refractivity contribution in [2.24, 2.45) is 0 Å². The fourth-order valence-electron chi connectivity index (χ4n) is 3.26. The molecule has 1 amide bonds. The van der Waals surface area contributed by atoms with Gasteiger partial charge in [0.25, 0.3) is 0 Å². The van der Waals surface area contributed by atoms with E-state index in [0.29, 0.717) is 19.6 Å². The smallest absolute Gasteiger partial charge is 0.222 e. The zero-order chi connectivity index (χ0) is 16.4. The van der Waals surface area contributed by atoms with E-state index in [2.05, 4.69) is 23.7 Å². The Hall–Kier alpha value is -1.52. The highest BCUT2D eigenvalue weighted by Gasteiger charge is 2.29. The van der Waals surface area contributed by atoms with Gasteiger partial charge in [-0.2, -0.15) is 0 Å². The number of benzene rings is 1. The van der Waals surface area contributed by atoms with E-state index in [-0.39, 0.29) is 17.6 Å². The molecule has 2 heterocycles. The molecule has 0 saturated carbocycles. The van der Waals surface area contributed by atoms with Crippen molar-refractivity contribution in [2.45, 2.75) is 51.3 Å². The molecule has 0 spiro atoms. The highest BCUT2D eigenvalue weighted by molar-refractivity contribution is 6.35. The van der Waals surface area contributed by atoms with E-state index in [4.69, 9.17) is 16.3 Å². The molecule has 23 heavy (non-hydrogen) atoms. The van der Waals surface area contributed by atoms with Gasteiger partial charge in [0.05, 0.1) is 5.60 Å². The molecule has 5 heteroatoms. The van der Waals surface area contributed by atoms with Crippen molar-refractivity contribution in [3.05, 3.63) is 35.5 Å². The molecule has 0 aliphatic carbocycles. The molecule has 1 unspecified atom stereocenters. The van der Waals surface area contributed by atoms with E-state index in [1.165, 1.54) is 0 Å². The Kier molecular flexibility index (Phi) is 4.64. The van der Waals surface area contributed by atoms with Gasteiger partial charge in [-0.3, -0.25) is 4.79 Å². The predicted octanol–water partition coefficient (Wildman–Crippen LogP) is 3.76. The Labute approximate surface area is 141 Å². The Morgan fingerprint density at radius 1 is 1.43 bits per heavy atom. The number of aromatic nitrogens is 1. The van der Waals surface area contributed by atoms with Crippen LogP contribution in [0.1, 0.15) is 33.1 Å². The van der Waals surface area contributed by atoms with Crippen molar-refractivity contribution in [1.82, 2.24) is 9.88 Å². The molecule has 1 N–H and O–H groups in total. The maximum absolute atomic E-state index is 12.2. The van der Waals surface area contributed by atoms with Gasteiger partial charge in [0.1, 0.15) is 0 Å². The van der Waals surface area contributed by atoms with Crippen molar-refractivity contribution >= 4 is 28.4 Å². The lowest BCUT2D eigenvalue weighted by molar-refractivity contribution is -0.124. The highest BCUT2D eigenvalue weighted by Crippen LogP contribution is 2.25. The summed E-state index contributed by atoms with van der Waals surface area (Å²) in [7, 11) is 0. The maximum atomic E-state index is 12.2. The van der Waals surface area contributed by atoms with Gasteiger partial charge in [0, 0.05) is 47.7 Å². The Bertz CT molecular complexity index is 708. The molecule has 1 aliphatic heterocycles. The topological polar surface area (TPSA) is 43.3 Å². The first-order valence-electron chi connectivity index (χ1n) is 8.11. The molecule has 1 aromatic heterocycles. The first-order chi connectivity index (χ1) is 10.9. The number of carbonyl (C=O) groups excluding carboxylic acids is 1. The lowest BCUT2D eigenvalue weighted by Crippen LogP contribution is -2.45. The van der Waals surface area contributed by atoms with Gasteiger partial charge < -0.3 is 14.6 Å². The Morgan fingerprint density at radius 2 is 2.26 bits per heavy atom. The molecular formula is C18H23ClN2O2. The number of hydrogen-bond donors (Lipinski definition) is 1. The summed E-state index contributed by atoms with van der Waals surface area (Å²) in [6.45, 7) is 5.50. The third-order valence-corrected chi connectivity index (χ3v) is 4.73. The van der Waals surface area contributed by atoms with Crippen molar-refractivity contribution in [3.63, 3.8) is 0 Å². The average molecular weight is 335 g/mol. The van der Waals surface area contributed by atoms with Crippen LogP contribution in [0.5, 0.6) is 0 Å². The van der Waals surface area contributed by atoms with Crippen LogP contribution in [0, 0.1) is 0 Å². The largest absolute Gasteiger partial charge is 0.375 e. The Morgan fingerprint density at radius 3 is 3.04 bits per heavy atom. The number of rotatable bonds is 4. The van der Waals surface area contributed by atoms with E-state index >= 15 is 0 Å². The predicted molar refractivity (Wildman–Crippen MR) is 92.8 cm³/mol. The van der Waals surface area contributed by atoms with E-state index in [1.807, 2.05) is 30.5 Å². The summed E-state index contributed by atoms with van der Waals surface area (Å²) in [6, 6.07) is 8.05. The van der Waals surface area contributed by atoms with Crippen molar-refractivity contribution in [2.75, 3.05) is 6.61 Å². The molecule has 2 aromatic rings. The fraction of sp³-hybridized carbons (Fsp3) is 0.500. The molecular weight excluding hydrogens is 312 g/mol. The summed E-state index contributed by atoms with van der Waals surface area (Å²) >= 11 is 6.18. The third-order valence-electron chi connectivity index (χ3n) is 4.40. The quantitative estimate of drug-likeness (QED) is 0.925. The van der Waals surface area contributed by atoms with Crippen molar-refractivity contribution in [3.8, 4) is 0 Å². The van der Waals surface area contributed by atoms with Crippen LogP contribution in [0.15, 0.2) is 30.5 Å². The molecule has 1 aromatic carbocycles. The summed E-state index contributed by atoms with van der Waals surface area (Å²) in [5.41, 5.74) is 0.918. The molecule has 124 valence electrons. The molecule has 0 bridgehead atoms. The van der Waals surface area contributed by atoms with E-state index in [9.17, 15) is 4.79 Å². The number of nitrogens with zero attached hydrogens (tertiary/aromatic N) is 1. The van der Waals surface area contributed by atoms with Gasteiger partial charge >= 0.3 is 0 Å². The summed E-state index contributed by atoms with van der Waals surface area (Å²) < 4.78 is 7.77. The van der Waals surface area contributed by atoms with Crippen LogP contribution >= 0.6 is 11.6 Å². The first kappa shape index (κ1) is 16.3. The molecule has 4 nitrogen and oxygen atoms in total. The number of amides is 1. The van der Waals surface area contributed by atoms with Crippen molar-refractivity contribution in [1.29, 1.82) is 0 Å². The second kappa shape index (κ2) is 6.54. The number of hydrogen-bond acceptors (Lipinski definition) is 2. The standard InChI is InChI=1S/C18H23ClN2O2/c1-18(2)12-13(8-11-23-18)20-17(22)7-10-21-9-6-14-15(19)4-3-5-16(14)21/h3-6,9,13H,7-8,10-12H2,1-2H3,(H,20,22). The van der Waals surface area contributed by atoms with Crippen molar-refractivity contribution < 1.29 is 9.53 Å². The summed E-state index contributed by atoms with van der Waals surface area (Å²) in [5, 5.41) is 4.91. The lowest BCUT2D eigenvalue weighted by atomic mass is 9.94. The fourth-order valence-corrected chi connectivity index (χ4v) is 3.49. The summed E-state index contributed by atoms with van der Waals surface area (Å²) in [6.07, 6.45) is 4.20. The number of nitrogens with one attached hydrogen (secondary N) is 1. The normalized spacial score (nSPS) is 20.6. The molecule has 1 aliphatic rings. The van der Waals surface area contributed by atoms with Gasteiger partial charge in [-0.15, -0.1) is 0 Å². The lowest BCUT2D eigenvalue weighted by Gasteiger charge is -2.35. The molecule has 1 saturated heterocycles. The van der Waals surface area contributed by atoms with Crippen LogP contribution in [-0.2, 0) is 16.1 Å². The van der Waals surface area contributed by atoms with Gasteiger partial charge in [0.15, 0.2) is 0 Å². The van der Waals surface area contributed by atoms with Crippen LogP contribution in [0.4, 0.5) is 0 Å². The number of fused-ring (bicyclic) bond motifs is 1. The number of aryl methyl sites for hydroxylation is 1. The zero-order valence-electron chi connectivity index (χ0n) is 13.6. The van der Waals surface area contributed by atoms with Crippen LogP contribution in [-0.4, -0.2) is 28.7 Å². The van der Waals surface area contributed by atoms with E-state index in [0.717, 1.165) is 28.8 Å². The Balaban J connectivity index is 1.57. The summed E-state index contributed by atoms with van der Waals surface area (Å²) in [4.78, 5) is 12.2. The minimum atomic E-state index is -0.149. The number of ether oxygens (including phenoxy) is 1. The highest BCUT2D eigenvalue weighted by atomic mass is 35.5. The molecule has 1 atom stereocenters. The minimum Gasteiger partial charge on any atom is -0.375 e. The van der Waals surface area contributed by atoms with Crippen LogP contribution < -0.4 is 5.32 Å². The summed E-state index contributed by atoms with van der Waals surface area (Å²) in [5.74, 6) is 0.0941. The number of halogens is 1. The second-order valence-corrected chi connectivity index (χ2v) is 7.20. The first-order valence-corrected chi connectivity index (χ1v) is 8.49. The van der Waals surface area contributed by atoms with E-state index < -0.39 is 0 Å². The van der Waals surface area contributed by atoms with Gasteiger partial charge in [-0.1, -0.05) is 17.7 Å². The molecule has 1 fully saturated rings. The average Bonchev–Trinajstić information content (AvgIpc) is 2.89. The zero-order valence-corrected chi connectivity index (χ0v) is 14.4. The van der Waals surface area contributed by atoms with E-state index in [1.54, 1.807) is 0 Å². The van der Waals surface area contributed by atoms with Crippen LogP contribution in [0.25, 0.3) is 10.9 Å². The molecule has 0 radical (unpaired) electrons. The van der Waals surface area contributed by atoms with Crippen LogP contribution in [0.3, 0.4) is 0 Å². The van der Waals surface area contributed by atoms with Gasteiger partial charge in [-0.25, -0.2) is 0 Å². The monoisotopic (exact) mass is 334 g/mol. The SMILES string of the molecule is CC1(C)CC(NC(=O)CCn2ccc3c(Cl)cccc32)CCO1. The third kappa shape index (κ3) is 3.88. The second-order valence-electron chi connectivity index (χ2n) is 6.80. The maximum Gasteiger partial charge on any atom is 0.222 e.